The summed E-state index contributed by atoms with van der Waals surface area (Å²) < 4.78 is 13.8. The molecule has 1 fully saturated rings. The molecule has 1 aliphatic rings. The van der Waals surface area contributed by atoms with Crippen LogP contribution in [0, 0.1) is 5.82 Å². The number of pyridine rings is 1. The van der Waals surface area contributed by atoms with E-state index in [1.54, 1.807) is 7.05 Å². The average molecular weight is 253 g/mol. The van der Waals surface area contributed by atoms with Crippen molar-refractivity contribution in [3.8, 4) is 0 Å². The van der Waals surface area contributed by atoms with E-state index in [1.165, 1.54) is 11.1 Å². The molecule has 0 aromatic carbocycles. The van der Waals surface area contributed by atoms with Gasteiger partial charge in [-0.2, -0.15) is 0 Å². The molecule has 18 heavy (non-hydrogen) atoms. The predicted octanol–water partition coefficient (Wildman–Crippen LogP) is 0.562. The van der Waals surface area contributed by atoms with Crippen molar-refractivity contribution in [2.45, 2.75) is 12.5 Å². The maximum atomic E-state index is 13.8. The Morgan fingerprint density at radius 3 is 2.94 bits per heavy atom. The number of hydrogen-bond donors (Lipinski definition) is 2. The molecule has 0 radical (unpaired) electrons. The Labute approximate surface area is 102 Å². The number of amides is 1. The highest BCUT2D eigenvalue weighted by molar-refractivity contribution is 5.90. The number of likely N-dealkylation sites (N-methyl/N-ethyl adjacent to an activating group) is 1. The average Bonchev–Trinajstić information content (AvgIpc) is 2.63. The van der Waals surface area contributed by atoms with Crippen molar-refractivity contribution >= 4 is 17.7 Å². The van der Waals surface area contributed by atoms with E-state index in [2.05, 4.69) is 10.3 Å². The van der Waals surface area contributed by atoms with Crippen LogP contribution in [0.3, 0.4) is 0 Å². The number of nitrogens with one attached hydrogen (secondary N) is 1. The van der Waals surface area contributed by atoms with Crippen molar-refractivity contribution in [1.82, 2.24) is 9.88 Å². The topological polar surface area (TPSA) is 82.5 Å². The molecule has 0 bridgehead atoms. The Kier molecular flexibility index (Phi) is 3.14. The third-order valence-corrected chi connectivity index (χ3v) is 2.86. The number of carboxylic acids is 1. The lowest BCUT2D eigenvalue weighted by atomic mass is 10.2. The first-order valence-electron chi connectivity index (χ1n) is 5.40. The van der Waals surface area contributed by atoms with Gasteiger partial charge in [0.2, 0.25) is 5.91 Å². The Hall–Kier alpha value is -2.18. The first kappa shape index (κ1) is 12.3. The second-order valence-corrected chi connectivity index (χ2v) is 4.07. The van der Waals surface area contributed by atoms with Gasteiger partial charge < -0.3 is 15.3 Å². The number of hydrogen-bond acceptors (Lipinski definition) is 4. The third kappa shape index (κ3) is 2.11. The van der Waals surface area contributed by atoms with E-state index < -0.39 is 23.4 Å². The highest BCUT2D eigenvalue weighted by atomic mass is 19.1. The lowest BCUT2D eigenvalue weighted by Gasteiger charge is -2.13. The van der Waals surface area contributed by atoms with Gasteiger partial charge in [-0.1, -0.05) is 0 Å². The maximum absolute atomic E-state index is 13.8. The number of carbonyl (C=O) groups excluding carboxylic acids is 1. The number of carboxylic acid groups (broad SMARTS) is 1. The van der Waals surface area contributed by atoms with Gasteiger partial charge in [-0.05, 0) is 12.5 Å². The van der Waals surface area contributed by atoms with Crippen molar-refractivity contribution in [3.63, 3.8) is 0 Å². The first-order chi connectivity index (χ1) is 8.50. The number of anilines is 1. The number of likely N-dealkylation sites (tertiary alicyclic amines) is 1. The van der Waals surface area contributed by atoms with Gasteiger partial charge >= 0.3 is 5.97 Å². The molecule has 1 amide bonds. The molecule has 6 nitrogen and oxygen atoms in total. The first-order valence-corrected chi connectivity index (χ1v) is 5.40. The summed E-state index contributed by atoms with van der Waals surface area (Å²) >= 11 is 0. The Balaban J connectivity index is 2.22. The van der Waals surface area contributed by atoms with Gasteiger partial charge in [0.25, 0.3) is 0 Å². The van der Waals surface area contributed by atoms with E-state index in [0.29, 0.717) is 13.0 Å². The predicted molar refractivity (Wildman–Crippen MR) is 60.8 cm³/mol. The van der Waals surface area contributed by atoms with Gasteiger partial charge in [0.05, 0.1) is 0 Å². The van der Waals surface area contributed by atoms with Crippen LogP contribution < -0.4 is 5.32 Å². The van der Waals surface area contributed by atoms with Crippen LogP contribution in [0.2, 0.25) is 0 Å². The van der Waals surface area contributed by atoms with Gasteiger partial charge in [0.15, 0.2) is 11.6 Å². The van der Waals surface area contributed by atoms with Crippen LogP contribution in [0.4, 0.5) is 10.2 Å². The van der Waals surface area contributed by atoms with Crippen LogP contribution in [-0.4, -0.2) is 46.5 Å². The zero-order chi connectivity index (χ0) is 13.3. The van der Waals surface area contributed by atoms with Gasteiger partial charge in [-0.15, -0.1) is 0 Å². The number of aromatic carboxylic acids is 1. The van der Waals surface area contributed by atoms with Crippen LogP contribution in [0.1, 0.15) is 16.8 Å². The minimum absolute atomic E-state index is 0.156. The Morgan fingerprint density at radius 1 is 1.67 bits per heavy atom. The minimum atomic E-state index is -1.37. The fourth-order valence-corrected chi connectivity index (χ4v) is 1.83. The molecular formula is C11H12FN3O3. The smallest absolute Gasteiger partial charge is 0.338 e. The van der Waals surface area contributed by atoms with Gasteiger partial charge in [0.1, 0.15) is 11.6 Å². The molecular weight excluding hydrogens is 241 g/mol. The number of nitrogens with zero attached hydrogens (tertiary/aromatic N) is 2. The second-order valence-electron chi connectivity index (χ2n) is 4.07. The fourth-order valence-electron chi connectivity index (χ4n) is 1.83. The van der Waals surface area contributed by atoms with Gasteiger partial charge in [-0.3, -0.25) is 4.79 Å². The van der Waals surface area contributed by atoms with Crippen molar-refractivity contribution in [3.05, 3.63) is 23.6 Å². The quantitative estimate of drug-likeness (QED) is 0.822. The lowest BCUT2D eigenvalue weighted by Crippen LogP contribution is -2.31. The number of halogens is 1. The number of rotatable bonds is 3. The highest BCUT2D eigenvalue weighted by Gasteiger charge is 2.30. The van der Waals surface area contributed by atoms with Crippen molar-refractivity contribution in [1.29, 1.82) is 0 Å². The third-order valence-electron chi connectivity index (χ3n) is 2.86. The zero-order valence-corrected chi connectivity index (χ0v) is 9.68. The van der Waals surface area contributed by atoms with Crippen LogP contribution in [0.15, 0.2) is 12.3 Å². The maximum Gasteiger partial charge on any atom is 0.338 e. The molecule has 1 unspecified atom stereocenters. The van der Waals surface area contributed by atoms with E-state index in [0.717, 1.165) is 6.07 Å². The highest BCUT2D eigenvalue weighted by Crippen LogP contribution is 2.19. The van der Waals surface area contributed by atoms with Crippen molar-refractivity contribution in [2.24, 2.45) is 0 Å². The van der Waals surface area contributed by atoms with Crippen LogP contribution in [-0.2, 0) is 4.79 Å². The monoisotopic (exact) mass is 253 g/mol. The molecule has 2 heterocycles. The fraction of sp³-hybridized carbons (Fsp3) is 0.364. The van der Waals surface area contributed by atoms with E-state index in [-0.39, 0.29) is 11.7 Å². The molecule has 0 aliphatic carbocycles. The van der Waals surface area contributed by atoms with Crippen LogP contribution >= 0.6 is 0 Å². The molecule has 1 aliphatic heterocycles. The molecule has 96 valence electrons. The second kappa shape index (κ2) is 4.59. The van der Waals surface area contributed by atoms with Gasteiger partial charge in [-0.25, -0.2) is 14.2 Å². The summed E-state index contributed by atoms with van der Waals surface area (Å²) in [6, 6.07) is 0.520. The van der Waals surface area contributed by atoms with Crippen molar-refractivity contribution in [2.75, 3.05) is 18.9 Å². The SMILES string of the molecule is CN1CCC(Nc2nccc(C(=O)O)c2F)C1=O. The van der Waals surface area contributed by atoms with E-state index in [1.807, 2.05) is 0 Å². The van der Waals surface area contributed by atoms with Gasteiger partial charge in [0, 0.05) is 19.8 Å². The summed E-state index contributed by atoms with van der Waals surface area (Å²) in [5, 5.41) is 11.4. The van der Waals surface area contributed by atoms with E-state index in [4.69, 9.17) is 5.11 Å². The largest absolute Gasteiger partial charge is 0.478 e. The summed E-state index contributed by atoms with van der Waals surface area (Å²) in [5.41, 5.74) is -0.466. The molecule has 2 N–H and O–H groups in total. The number of carbonyl (C=O) groups is 2. The molecule has 0 spiro atoms. The minimum Gasteiger partial charge on any atom is -0.478 e. The van der Waals surface area contributed by atoms with E-state index in [9.17, 15) is 14.0 Å². The zero-order valence-electron chi connectivity index (χ0n) is 9.68. The summed E-state index contributed by atoms with van der Waals surface area (Å²) in [6.45, 7) is 0.580. The molecule has 0 saturated carbocycles. The Morgan fingerprint density at radius 2 is 2.39 bits per heavy atom. The van der Waals surface area contributed by atoms with E-state index >= 15 is 0 Å². The lowest BCUT2D eigenvalue weighted by molar-refractivity contribution is -0.127. The Bertz CT molecular complexity index is 506. The summed E-state index contributed by atoms with van der Waals surface area (Å²) in [5.74, 6) is -2.68. The molecule has 1 aromatic rings. The number of aromatic nitrogens is 1. The standard InChI is InChI=1S/C11H12FN3O3/c1-15-5-3-7(10(15)16)14-9-8(12)6(11(17)18)2-4-13-9/h2,4,7H,3,5H2,1H3,(H,13,14)(H,17,18). The van der Waals surface area contributed by atoms with Crippen LogP contribution in [0.5, 0.6) is 0 Å². The normalized spacial score (nSPS) is 19.1. The molecule has 7 heteroatoms. The van der Waals surface area contributed by atoms with Crippen LogP contribution in [0.25, 0.3) is 0 Å². The molecule has 1 aromatic heterocycles. The molecule has 1 saturated heterocycles. The molecule has 2 rings (SSSR count). The summed E-state index contributed by atoms with van der Waals surface area (Å²) in [4.78, 5) is 27.6. The molecule has 1 atom stereocenters. The summed E-state index contributed by atoms with van der Waals surface area (Å²) in [6.07, 6.45) is 1.73. The van der Waals surface area contributed by atoms with Crippen molar-refractivity contribution < 1.29 is 19.1 Å². The summed E-state index contributed by atoms with van der Waals surface area (Å²) in [7, 11) is 1.65.